The van der Waals surface area contributed by atoms with E-state index in [4.69, 9.17) is 8.83 Å². The Morgan fingerprint density at radius 1 is 0.345 bits per heavy atom. The molecule has 0 aliphatic rings. The molecule has 272 valence electrons. The molecule has 11 rings (SSSR count). The minimum absolute atomic E-state index is 0.841. The van der Waals surface area contributed by atoms with Crippen LogP contribution in [0, 0.1) is 0 Å². The van der Waals surface area contributed by atoms with E-state index in [2.05, 4.69) is 177 Å². The van der Waals surface area contributed by atoms with Gasteiger partial charge in [-0.1, -0.05) is 171 Å². The molecule has 9 aromatic carbocycles. The Morgan fingerprint density at radius 2 is 0.966 bits per heavy atom. The second kappa shape index (κ2) is 13.5. The van der Waals surface area contributed by atoms with Gasteiger partial charge in [-0.15, -0.1) is 0 Å². The molecule has 2 aromatic heterocycles. The van der Waals surface area contributed by atoms with Gasteiger partial charge in [0.05, 0.1) is 0 Å². The van der Waals surface area contributed by atoms with E-state index < -0.39 is 0 Å². The predicted molar refractivity (Wildman–Crippen MR) is 246 cm³/mol. The zero-order valence-corrected chi connectivity index (χ0v) is 31.7. The van der Waals surface area contributed by atoms with Crippen molar-refractivity contribution in [2.24, 2.45) is 0 Å². The van der Waals surface area contributed by atoms with Gasteiger partial charge >= 0.3 is 0 Å². The summed E-state index contributed by atoms with van der Waals surface area (Å²) in [7, 11) is 0. The second-order valence-corrected chi connectivity index (χ2v) is 14.9. The van der Waals surface area contributed by atoms with Crippen molar-refractivity contribution in [3.05, 3.63) is 206 Å². The molecule has 2 nitrogen and oxygen atoms in total. The molecule has 0 radical (unpaired) electrons. The van der Waals surface area contributed by atoms with E-state index in [1.165, 1.54) is 21.9 Å². The Labute approximate surface area is 336 Å². The van der Waals surface area contributed by atoms with Gasteiger partial charge in [0.25, 0.3) is 0 Å². The predicted octanol–water partition coefficient (Wildman–Crippen LogP) is 16.3. The van der Waals surface area contributed by atoms with Crippen molar-refractivity contribution in [1.82, 2.24) is 0 Å². The normalized spacial score (nSPS) is 11.6. The molecule has 0 amide bonds. The lowest BCUT2D eigenvalue weighted by Crippen LogP contribution is -1.96. The van der Waals surface area contributed by atoms with Gasteiger partial charge in [0, 0.05) is 21.7 Å². The van der Waals surface area contributed by atoms with Crippen LogP contribution < -0.4 is 0 Å². The van der Waals surface area contributed by atoms with Crippen molar-refractivity contribution in [1.29, 1.82) is 0 Å². The maximum Gasteiger partial charge on any atom is 0.136 e. The highest BCUT2D eigenvalue weighted by Crippen LogP contribution is 2.47. The smallest absolute Gasteiger partial charge is 0.136 e. The third kappa shape index (κ3) is 5.34. The second-order valence-electron chi connectivity index (χ2n) is 14.9. The van der Waals surface area contributed by atoms with Crippen LogP contribution in [0.25, 0.3) is 122 Å². The summed E-state index contributed by atoms with van der Waals surface area (Å²) >= 11 is 0. The zero-order valence-electron chi connectivity index (χ0n) is 31.7. The van der Waals surface area contributed by atoms with Crippen molar-refractivity contribution in [2.75, 3.05) is 0 Å². The average molecular weight is 741 g/mol. The fourth-order valence-corrected chi connectivity index (χ4v) is 8.98. The maximum atomic E-state index is 6.67. The van der Waals surface area contributed by atoms with Gasteiger partial charge in [-0.25, -0.2) is 0 Å². The zero-order chi connectivity index (χ0) is 38.7. The van der Waals surface area contributed by atoms with Crippen LogP contribution in [0.4, 0.5) is 0 Å². The van der Waals surface area contributed by atoms with Crippen molar-refractivity contribution < 1.29 is 8.83 Å². The molecule has 0 aliphatic heterocycles. The summed E-state index contributed by atoms with van der Waals surface area (Å²) in [5, 5.41) is 8.01. The third-order valence-electron chi connectivity index (χ3n) is 11.7. The molecule has 0 aliphatic carbocycles. The average Bonchev–Trinajstić information content (AvgIpc) is 3.90. The topological polar surface area (TPSA) is 26.3 Å². The first-order chi connectivity index (χ1) is 28.7. The van der Waals surface area contributed by atoms with E-state index in [0.29, 0.717) is 0 Å². The van der Waals surface area contributed by atoms with E-state index in [9.17, 15) is 0 Å². The Kier molecular flexibility index (Phi) is 7.84. The molecule has 0 saturated heterocycles. The lowest BCUT2D eigenvalue weighted by atomic mass is 9.82. The molecule has 0 unspecified atom stereocenters. The summed E-state index contributed by atoms with van der Waals surface area (Å²) < 4.78 is 12.9. The van der Waals surface area contributed by atoms with Gasteiger partial charge in [0.1, 0.15) is 22.5 Å². The number of furan rings is 2. The summed E-state index contributed by atoms with van der Waals surface area (Å²) in [5.74, 6) is 0.863. The van der Waals surface area contributed by atoms with Gasteiger partial charge in [-0.2, -0.15) is 0 Å². The summed E-state index contributed by atoms with van der Waals surface area (Å²) in [6.45, 7) is 8.76. The van der Waals surface area contributed by atoms with E-state index in [0.717, 1.165) is 99.5 Å². The largest absolute Gasteiger partial charge is 0.456 e. The number of rotatable bonds is 7. The van der Waals surface area contributed by atoms with Crippen LogP contribution in [0.1, 0.15) is 11.1 Å². The Bertz CT molecular complexity index is 3410. The molecule has 0 bridgehead atoms. The number of hydrogen-bond acceptors (Lipinski definition) is 2. The lowest BCUT2D eigenvalue weighted by molar-refractivity contribution is 0.631. The van der Waals surface area contributed by atoms with E-state index in [-0.39, 0.29) is 0 Å². The quantitative estimate of drug-likeness (QED) is 0.163. The van der Waals surface area contributed by atoms with Crippen LogP contribution >= 0.6 is 0 Å². The van der Waals surface area contributed by atoms with Crippen LogP contribution in [0.5, 0.6) is 0 Å². The van der Waals surface area contributed by atoms with Crippen LogP contribution in [-0.2, 0) is 0 Å². The van der Waals surface area contributed by atoms with Crippen LogP contribution in [0.3, 0.4) is 0 Å². The highest BCUT2D eigenvalue weighted by Gasteiger charge is 2.22. The van der Waals surface area contributed by atoms with Gasteiger partial charge in [-0.3, -0.25) is 0 Å². The minimum Gasteiger partial charge on any atom is -0.456 e. The minimum atomic E-state index is 0.841. The van der Waals surface area contributed by atoms with Crippen molar-refractivity contribution in [3.8, 4) is 55.8 Å². The first-order valence-corrected chi connectivity index (χ1v) is 19.6. The molecule has 2 heteroatoms. The Hall–Kier alpha value is -7.68. The van der Waals surface area contributed by atoms with Crippen LogP contribution in [0.2, 0.25) is 0 Å². The SMILES string of the molecule is C=Cc1c(C=C)c(-c2cccc3oc4cc(-c5ccc6oc(-c7ccccc7)cc6c5)ccc4c23)c2ccccc2c1-c1ccc(-c2cccc3ccccc23)cc1. The fourth-order valence-electron chi connectivity index (χ4n) is 8.98. The number of fused-ring (bicyclic) bond motifs is 6. The molecule has 58 heavy (non-hydrogen) atoms. The van der Waals surface area contributed by atoms with Gasteiger partial charge < -0.3 is 8.83 Å². The Balaban J connectivity index is 1.04. The number of benzene rings is 9. The van der Waals surface area contributed by atoms with Crippen molar-refractivity contribution >= 4 is 66.6 Å². The van der Waals surface area contributed by atoms with Crippen molar-refractivity contribution in [2.45, 2.75) is 0 Å². The molecular formula is C56H36O2. The first kappa shape index (κ1) is 33.6. The highest BCUT2D eigenvalue weighted by atomic mass is 16.3. The summed E-state index contributed by atoms with van der Waals surface area (Å²) in [5.41, 5.74) is 14.8. The summed E-state index contributed by atoms with van der Waals surface area (Å²) in [4.78, 5) is 0. The standard InChI is InChI=1S/C56H36O2/c1-3-42-43(4-2)55(47-20-11-10-19-46(47)54(42)38-26-24-36(25-27-38)45-21-12-17-35-14-8-9-18-44(35)45)49-22-13-23-51-56(49)48-30-28-40(33-53(48)58-51)39-29-31-50-41(32-39)34-52(57-50)37-15-6-5-7-16-37/h3-34H,1-2H2. The van der Waals surface area contributed by atoms with Crippen molar-refractivity contribution in [3.63, 3.8) is 0 Å². The molecular weight excluding hydrogens is 705 g/mol. The van der Waals surface area contributed by atoms with E-state index in [1.807, 2.05) is 30.4 Å². The van der Waals surface area contributed by atoms with Crippen LogP contribution in [0.15, 0.2) is 204 Å². The first-order valence-electron chi connectivity index (χ1n) is 19.6. The molecule has 2 heterocycles. The molecule has 0 atom stereocenters. The van der Waals surface area contributed by atoms with Gasteiger partial charge in [-0.05, 0) is 114 Å². The van der Waals surface area contributed by atoms with E-state index in [1.54, 1.807) is 0 Å². The maximum absolute atomic E-state index is 6.67. The number of hydrogen-bond donors (Lipinski definition) is 0. The van der Waals surface area contributed by atoms with Gasteiger partial charge in [0.2, 0.25) is 0 Å². The Morgan fingerprint density at radius 3 is 1.78 bits per heavy atom. The molecule has 0 fully saturated rings. The van der Waals surface area contributed by atoms with Crippen LogP contribution in [-0.4, -0.2) is 0 Å². The monoisotopic (exact) mass is 740 g/mol. The third-order valence-corrected chi connectivity index (χ3v) is 11.7. The van der Waals surface area contributed by atoms with E-state index >= 15 is 0 Å². The molecule has 0 spiro atoms. The lowest BCUT2D eigenvalue weighted by Gasteiger charge is -2.21. The summed E-state index contributed by atoms with van der Waals surface area (Å²) in [6, 6.07) is 64.4. The summed E-state index contributed by atoms with van der Waals surface area (Å²) in [6.07, 6.45) is 3.97. The van der Waals surface area contributed by atoms with Gasteiger partial charge in [0.15, 0.2) is 0 Å². The molecule has 11 aromatic rings. The molecule has 0 N–H and O–H groups in total. The highest BCUT2D eigenvalue weighted by molar-refractivity contribution is 6.19. The molecule has 0 saturated carbocycles. The fraction of sp³-hybridized carbons (Fsp3) is 0.